The first kappa shape index (κ1) is 19.0. The van der Waals surface area contributed by atoms with Crippen LogP contribution in [0.25, 0.3) is 0 Å². The van der Waals surface area contributed by atoms with E-state index in [2.05, 4.69) is 25.3 Å². The Kier molecular flexibility index (Phi) is 5.96. The maximum Gasteiger partial charge on any atom is 0.337 e. The summed E-state index contributed by atoms with van der Waals surface area (Å²) in [6.45, 7) is 2.03. The molecule has 7 heteroatoms. The minimum absolute atomic E-state index is 0.269. The van der Waals surface area contributed by atoms with Gasteiger partial charge in [0.15, 0.2) is 0 Å². The molecule has 0 fully saturated rings. The quantitative estimate of drug-likeness (QED) is 0.635. The molecule has 2 aromatic carbocycles. The summed E-state index contributed by atoms with van der Waals surface area (Å²) in [7, 11) is 1.33. The molecule has 0 saturated carbocycles. The number of methoxy groups -OCH3 is 1. The summed E-state index contributed by atoms with van der Waals surface area (Å²) < 4.78 is 4.67. The number of esters is 1. The van der Waals surface area contributed by atoms with Crippen LogP contribution in [0.5, 0.6) is 0 Å². The monoisotopic (exact) mass is 376 g/mol. The van der Waals surface area contributed by atoms with Gasteiger partial charge in [-0.1, -0.05) is 25.1 Å². The molecule has 1 aromatic heterocycles. The highest BCUT2D eigenvalue weighted by molar-refractivity contribution is 6.04. The van der Waals surface area contributed by atoms with Crippen LogP contribution in [0.1, 0.15) is 33.2 Å². The number of nitrogens with one attached hydrogen (secondary N) is 2. The number of hydrogen-bond donors (Lipinski definition) is 2. The zero-order valence-corrected chi connectivity index (χ0v) is 15.6. The van der Waals surface area contributed by atoms with E-state index in [1.165, 1.54) is 19.5 Å². The van der Waals surface area contributed by atoms with Gasteiger partial charge in [-0.3, -0.25) is 4.79 Å². The lowest BCUT2D eigenvalue weighted by molar-refractivity contribution is 0.0600. The first-order valence-corrected chi connectivity index (χ1v) is 8.77. The molecule has 0 unspecified atom stereocenters. The summed E-state index contributed by atoms with van der Waals surface area (Å²) in [6.07, 6.45) is 3.74. The fourth-order valence-corrected chi connectivity index (χ4v) is 2.59. The van der Waals surface area contributed by atoms with Gasteiger partial charge in [-0.2, -0.15) is 0 Å². The van der Waals surface area contributed by atoms with Gasteiger partial charge in [-0.25, -0.2) is 14.8 Å². The molecule has 0 aliphatic rings. The van der Waals surface area contributed by atoms with Crippen LogP contribution in [0.4, 0.5) is 17.3 Å². The number of aryl methyl sites for hydroxylation is 1. The van der Waals surface area contributed by atoms with Gasteiger partial charge in [0.05, 0.1) is 18.2 Å². The van der Waals surface area contributed by atoms with Gasteiger partial charge < -0.3 is 15.4 Å². The SMILES string of the molecule is CCc1ccccc1NC(=O)c1cnc(Nc2ccc(C(=O)OC)cc2)nc1. The Labute approximate surface area is 162 Å². The average Bonchev–Trinajstić information content (AvgIpc) is 2.74. The first-order valence-electron chi connectivity index (χ1n) is 8.77. The normalized spacial score (nSPS) is 10.2. The fourth-order valence-electron chi connectivity index (χ4n) is 2.59. The van der Waals surface area contributed by atoms with Gasteiger partial charge in [-0.15, -0.1) is 0 Å². The van der Waals surface area contributed by atoms with E-state index in [1.54, 1.807) is 24.3 Å². The van der Waals surface area contributed by atoms with Crippen LogP contribution in [-0.2, 0) is 11.2 Å². The number of carbonyl (C=O) groups excluding carboxylic acids is 2. The summed E-state index contributed by atoms with van der Waals surface area (Å²) in [5.41, 5.74) is 3.36. The summed E-state index contributed by atoms with van der Waals surface area (Å²) in [5.74, 6) is -0.325. The molecule has 1 heterocycles. The maximum atomic E-state index is 12.4. The number of hydrogen-bond acceptors (Lipinski definition) is 6. The minimum Gasteiger partial charge on any atom is -0.465 e. The number of para-hydroxylation sites is 1. The third-order valence-electron chi connectivity index (χ3n) is 4.12. The molecular formula is C21H20N4O3. The highest BCUT2D eigenvalue weighted by Crippen LogP contribution is 2.17. The second-order valence-corrected chi connectivity index (χ2v) is 5.95. The number of aromatic nitrogens is 2. The Morgan fingerprint density at radius 1 is 0.964 bits per heavy atom. The third kappa shape index (κ3) is 4.50. The zero-order chi connectivity index (χ0) is 19.9. The highest BCUT2D eigenvalue weighted by Gasteiger charge is 2.10. The van der Waals surface area contributed by atoms with Crippen LogP contribution in [0, 0.1) is 0 Å². The predicted molar refractivity (Wildman–Crippen MR) is 107 cm³/mol. The van der Waals surface area contributed by atoms with E-state index < -0.39 is 5.97 Å². The number of benzene rings is 2. The predicted octanol–water partition coefficient (Wildman–Crippen LogP) is 3.82. The number of carbonyl (C=O) groups is 2. The van der Waals surface area contributed by atoms with Crippen molar-refractivity contribution in [2.45, 2.75) is 13.3 Å². The van der Waals surface area contributed by atoms with Gasteiger partial charge in [0.25, 0.3) is 5.91 Å². The lowest BCUT2D eigenvalue weighted by Gasteiger charge is -2.10. The zero-order valence-electron chi connectivity index (χ0n) is 15.6. The van der Waals surface area contributed by atoms with E-state index in [9.17, 15) is 9.59 Å². The largest absolute Gasteiger partial charge is 0.465 e. The molecule has 28 heavy (non-hydrogen) atoms. The van der Waals surface area contributed by atoms with E-state index in [4.69, 9.17) is 0 Å². The number of anilines is 3. The summed E-state index contributed by atoms with van der Waals surface area (Å²) in [5, 5.41) is 5.90. The molecule has 3 rings (SSSR count). The van der Waals surface area contributed by atoms with Crippen molar-refractivity contribution in [3.05, 3.63) is 77.6 Å². The van der Waals surface area contributed by atoms with Crippen LogP contribution in [0.2, 0.25) is 0 Å². The molecular weight excluding hydrogens is 356 g/mol. The lowest BCUT2D eigenvalue weighted by Crippen LogP contribution is -2.14. The number of nitrogens with zero attached hydrogens (tertiary/aromatic N) is 2. The van der Waals surface area contributed by atoms with Crippen molar-refractivity contribution in [2.24, 2.45) is 0 Å². The Balaban J connectivity index is 1.66. The molecule has 142 valence electrons. The molecule has 0 aliphatic carbocycles. The van der Waals surface area contributed by atoms with E-state index >= 15 is 0 Å². The van der Waals surface area contributed by atoms with Crippen molar-refractivity contribution in [1.82, 2.24) is 9.97 Å². The first-order chi connectivity index (χ1) is 13.6. The smallest absolute Gasteiger partial charge is 0.337 e. The van der Waals surface area contributed by atoms with Gasteiger partial charge in [0.2, 0.25) is 5.95 Å². The van der Waals surface area contributed by atoms with E-state index in [0.717, 1.165) is 17.7 Å². The second-order valence-electron chi connectivity index (χ2n) is 5.95. The summed E-state index contributed by atoms with van der Waals surface area (Å²) in [4.78, 5) is 32.2. The van der Waals surface area contributed by atoms with Crippen LogP contribution >= 0.6 is 0 Å². The van der Waals surface area contributed by atoms with Gasteiger partial charge >= 0.3 is 5.97 Å². The Morgan fingerprint density at radius 3 is 2.29 bits per heavy atom. The number of amides is 1. The molecule has 2 N–H and O–H groups in total. The molecule has 3 aromatic rings. The molecule has 0 saturated heterocycles. The maximum absolute atomic E-state index is 12.4. The Bertz CT molecular complexity index is 970. The molecule has 0 radical (unpaired) electrons. The summed E-state index contributed by atoms with van der Waals surface area (Å²) in [6, 6.07) is 14.4. The van der Waals surface area contributed by atoms with Crippen molar-refractivity contribution < 1.29 is 14.3 Å². The van der Waals surface area contributed by atoms with Gasteiger partial charge in [0, 0.05) is 23.8 Å². The van der Waals surface area contributed by atoms with Crippen molar-refractivity contribution in [3.63, 3.8) is 0 Å². The van der Waals surface area contributed by atoms with Gasteiger partial charge in [-0.05, 0) is 42.3 Å². The molecule has 1 amide bonds. The third-order valence-corrected chi connectivity index (χ3v) is 4.12. The van der Waals surface area contributed by atoms with Crippen LogP contribution in [0.3, 0.4) is 0 Å². The van der Waals surface area contributed by atoms with Crippen molar-refractivity contribution in [1.29, 1.82) is 0 Å². The highest BCUT2D eigenvalue weighted by atomic mass is 16.5. The standard InChI is InChI=1S/C21H20N4O3/c1-3-14-6-4-5-7-18(14)25-19(26)16-12-22-21(23-13-16)24-17-10-8-15(9-11-17)20(27)28-2/h4-13H,3H2,1-2H3,(H,25,26)(H,22,23,24). The van der Waals surface area contributed by atoms with Crippen molar-refractivity contribution in [3.8, 4) is 0 Å². The molecule has 0 aliphatic heterocycles. The fraction of sp³-hybridized carbons (Fsp3) is 0.143. The summed E-state index contributed by atoms with van der Waals surface area (Å²) >= 11 is 0. The van der Waals surface area contributed by atoms with Crippen LogP contribution in [-0.4, -0.2) is 29.0 Å². The van der Waals surface area contributed by atoms with Crippen LogP contribution in [0.15, 0.2) is 60.9 Å². The Morgan fingerprint density at radius 2 is 1.64 bits per heavy atom. The Hall–Kier alpha value is -3.74. The number of rotatable bonds is 6. The van der Waals surface area contributed by atoms with Crippen LogP contribution < -0.4 is 10.6 Å². The topological polar surface area (TPSA) is 93.2 Å². The van der Waals surface area contributed by atoms with E-state index in [-0.39, 0.29) is 5.91 Å². The minimum atomic E-state index is -0.400. The number of ether oxygens (including phenoxy) is 1. The van der Waals surface area contributed by atoms with Gasteiger partial charge in [0.1, 0.15) is 0 Å². The molecule has 0 spiro atoms. The van der Waals surface area contributed by atoms with E-state index in [1.807, 2.05) is 31.2 Å². The van der Waals surface area contributed by atoms with Crippen molar-refractivity contribution in [2.75, 3.05) is 17.7 Å². The second kappa shape index (κ2) is 8.77. The average molecular weight is 376 g/mol. The van der Waals surface area contributed by atoms with Crippen molar-refractivity contribution >= 4 is 29.2 Å². The molecule has 0 atom stereocenters. The van der Waals surface area contributed by atoms with E-state index in [0.29, 0.717) is 22.8 Å². The molecule has 7 nitrogen and oxygen atoms in total. The lowest BCUT2D eigenvalue weighted by atomic mass is 10.1. The molecule has 0 bridgehead atoms.